The van der Waals surface area contributed by atoms with Crippen molar-refractivity contribution in [1.82, 2.24) is 0 Å². The molecular weight excluding hydrogens is 256 g/mol. The van der Waals surface area contributed by atoms with E-state index in [0.29, 0.717) is 0 Å². The molecule has 18 heavy (non-hydrogen) atoms. The van der Waals surface area contributed by atoms with Crippen molar-refractivity contribution in [1.29, 1.82) is 0 Å². The largest absolute Gasteiger partial charge is 0.111 e. The lowest BCUT2D eigenvalue weighted by Crippen LogP contribution is -2.01. The Kier molecular flexibility index (Phi) is 11.8. The maximum atomic E-state index is 4.44. The Balaban J connectivity index is 2.15. The van der Waals surface area contributed by atoms with E-state index >= 15 is 0 Å². The van der Waals surface area contributed by atoms with Crippen LogP contribution >= 0.6 is 22.5 Å². The van der Waals surface area contributed by atoms with Gasteiger partial charge in [0.05, 0.1) is 0 Å². The van der Waals surface area contributed by atoms with Gasteiger partial charge in [-0.3, -0.25) is 0 Å². The molecule has 0 aromatic heterocycles. The van der Waals surface area contributed by atoms with Crippen molar-refractivity contribution in [2.24, 2.45) is 0 Å². The van der Waals surface area contributed by atoms with Crippen LogP contribution in [-0.2, 0) is 0 Å². The van der Waals surface area contributed by atoms with Crippen LogP contribution in [0.1, 0.15) is 96.3 Å². The van der Waals surface area contributed by atoms with Crippen molar-refractivity contribution in [2.75, 3.05) is 0 Å². The Morgan fingerprint density at radius 2 is 0.778 bits per heavy atom. The zero-order valence-electron chi connectivity index (χ0n) is 12.0. The Hall–Kier alpha value is 0.700. The van der Waals surface area contributed by atoms with Gasteiger partial charge in [-0.05, 0) is 12.8 Å². The molecule has 0 saturated heterocycles. The van der Waals surface area contributed by atoms with Crippen LogP contribution in [0.3, 0.4) is 0 Å². The predicted octanol–water partition coefficient (Wildman–Crippen LogP) is 6.80. The normalized spacial score (nSPS) is 23.8. The molecular formula is C16H32S2. The summed E-state index contributed by atoms with van der Waals surface area (Å²) in [6.07, 6.45) is 21.8. The van der Waals surface area contributed by atoms with E-state index in [9.17, 15) is 0 Å². The standard InChI is InChI=1S/C16H32S2/c17-18-16-14-12-10-8-6-4-2-1-3-5-7-9-11-13-15-16/h16-17H,1-15H2. The monoisotopic (exact) mass is 288 g/mol. The highest BCUT2D eigenvalue weighted by atomic mass is 33.1. The molecule has 1 aliphatic carbocycles. The van der Waals surface area contributed by atoms with Gasteiger partial charge in [0.1, 0.15) is 0 Å². The van der Waals surface area contributed by atoms with E-state index < -0.39 is 0 Å². The summed E-state index contributed by atoms with van der Waals surface area (Å²) >= 11 is 4.44. The summed E-state index contributed by atoms with van der Waals surface area (Å²) in [5.74, 6) is 0. The third-order valence-corrected chi connectivity index (χ3v) is 5.87. The van der Waals surface area contributed by atoms with Crippen LogP contribution in [0.2, 0.25) is 0 Å². The Labute approximate surface area is 124 Å². The first kappa shape index (κ1) is 16.8. The summed E-state index contributed by atoms with van der Waals surface area (Å²) in [6.45, 7) is 0. The highest BCUT2D eigenvalue weighted by molar-refractivity contribution is 8.68. The minimum absolute atomic E-state index is 0.821. The van der Waals surface area contributed by atoms with E-state index in [1.54, 1.807) is 0 Å². The number of thiol groups is 1. The fourth-order valence-electron chi connectivity index (χ4n) is 2.94. The third-order valence-electron chi connectivity index (χ3n) is 4.20. The van der Waals surface area contributed by atoms with Crippen LogP contribution in [0, 0.1) is 0 Å². The van der Waals surface area contributed by atoms with Gasteiger partial charge in [0.25, 0.3) is 0 Å². The lowest BCUT2D eigenvalue weighted by Gasteiger charge is -2.13. The van der Waals surface area contributed by atoms with E-state index in [2.05, 4.69) is 11.7 Å². The SMILES string of the molecule is SSC1CCCCCCCCCCCCCCC1. The predicted molar refractivity (Wildman–Crippen MR) is 89.6 cm³/mol. The molecule has 1 saturated carbocycles. The molecule has 0 aromatic carbocycles. The molecule has 0 atom stereocenters. The van der Waals surface area contributed by atoms with Crippen molar-refractivity contribution in [3.63, 3.8) is 0 Å². The van der Waals surface area contributed by atoms with E-state index in [1.807, 2.05) is 10.8 Å². The summed E-state index contributed by atoms with van der Waals surface area (Å²) < 4.78 is 0. The summed E-state index contributed by atoms with van der Waals surface area (Å²) in [5.41, 5.74) is 0. The quantitative estimate of drug-likeness (QED) is 0.409. The van der Waals surface area contributed by atoms with Crippen LogP contribution in [-0.4, -0.2) is 5.25 Å². The average molecular weight is 289 g/mol. The fourth-order valence-corrected chi connectivity index (χ4v) is 4.11. The zero-order valence-corrected chi connectivity index (χ0v) is 13.8. The Morgan fingerprint density at radius 3 is 1.06 bits per heavy atom. The van der Waals surface area contributed by atoms with Gasteiger partial charge in [-0.1, -0.05) is 94.3 Å². The summed E-state index contributed by atoms with van der Waals surface area (Å²) in [4.78, 5) is 0. The molecule has 1 fully saturated rings. The van der Waals surface area contributed by atoms with Gasteiger partial charge in [-0.2, -0.15) is 0 Å². The second kappa shape index (κ2) is 12.7. The van der Waals surface area contributed by atoms with Crippen molar-refractivity contribution < 1.29 is 0 Å². The van der Waals surface area contributed by atoms with Gasteiger partial charge in [0, 0.05) is 5.25 Å². The lowest BCUT2D eigenvalue weighted by molar-refractivity contribution is 0.509. The molecule has 0 spiro atoms. The molecule has 0 aromatic rings. The van der Waals surface area contributed by atoms with Crippen LogP contribution in [0.25, 0.3) is 0 Å². The molecule has 0 nitrogen and oxygen atoms in total. The molecule has 0 unspecified atom stereocenters. The molecule has 108 valence electrons. The summed E-state index contributed by atoms with van der Waals surface area (Å²) in [7, 11) is 1.81. The van der Waals surface area contributed by atoms with Crippen molar-refractivity contribution in [3.05, 3.63) is 0 Å². The average Bonchev–Trinajstić information content (AvgIpc) is 2.39. The van der Waals surface area contributed by atoms with Crippen molar-refractivity contribution in [3.8, 4) is 0 Å². The van der Waals surface area contributed by atoms with E-state index in [4.69, 9.17) is 0 Å². The van der Waals surface area contributed by atoms with E-state index in [0.717, 1.165) is 5.25 Å². The molecule has 0 radical (unpaired) electrons. The maximum absolute atomic E-state index is 4.44. The minimum Gasteiger partial charge on any atom is -0.111 e. The van der Waals surface area contributed by atoms with Gasteiger partial charge in [0.15, 0.2) is 0 Å². The number of hydrogen-bond donors (Lipinski definition) is 1. The first-order valence-electron chi connectivity index (χ1n) is 8.23. The second-order valence-electron chi connectivity index (χ2n) is 5.90. The van der Waals surface area contributed by atoms with Crippen LogP contribution < -0.4 is 0 Å². The van der Waals surface area contributed by atoms with E-state index in [1.165, 1.54) is 96.3 Å². The van der Waals surface area contributed by atoms with Crippen LogP contribution in [0.5, 0.6) is 0 Å². The maximum Gasteiger partial charge on any atom is 0.0149 e. The van der Waals surface area contributed by atoms with Crippen LogP contribution in [0.15, 0.2) is 0 Å². The zero-order chi connectivity index (χ0) is 12.9. The lowest BCUT2D eigenvalue weighted by atomic mass is 10.0. The summed E-state index contributed by atoms with van der Waals surface area (Å²) in [5, 5.41) is 0.821. The van der Waals surface area contributed by atoms with Gasteiger partial charge < -0.3 is 0 Å². The molecule has 0 aliphatic heterocycles. The Morgan fingerprint density at radius 1 is 0.500 bits per heavy atom. The third kappa shape index (κ3) is 9.61. The first-order chi connectivity index (χ1) is 8.93. The molecule has 0 N–H and O–H groups in total. The highest BCUT2D eigenvalue weighted by Crippen LogP contribution is 2.26. The molecule has 0 bridgehead atoms. The molecule has 0 heterocycles. The molecule has 1 rings (SSSR count). The van der Waals surface area contributed by atoms with Gasteiger partial charge >= 0.3 is 0 Å². The van der Waals surface area contributed by atoms with Crippen molar-refractivity contribution in [2.45, 2.75) is 102 Å². The minimum atomic E-state index is 0.821. The topological polar surface area (TPSA) is 0 Å². The number of rotatable bonds is 1. The first-order valence-corrected chi connectivity index (χ1v) is 10.2. The fraction of sp³-hybridized carbons (Fsp3) is 1.00. The molecule has 1 aliphatic rings. The highest BCUT2D eigenvalue weighted by Gasteiger charge is 2.07. The second-order valence-corrected chi connectivity index (χ2v) is 7.41. The van der Waals surface area contributed by atoms with Gasteiger partial charge in [-0.25, -0.2) is 0 Å². The van der Waals surface area contributed by atoms with E-state index in [-0.39, 0.29) is 0 Å². The van der Waals surface area contributed by atoms with Crippen LogP contribution in [0.4, 0.5) is 0 Å². The van der Waals surface area contributed by atoms with Gasteiger partial charge in [0.2, 0.25) is 0 Å². The van der Waals surface area contributed by atoms with Gasteiger partial charge in [-0.15, -0.1) is 11.7 Å². The Bertz CT molecular complexity index is 154. The van der Waals surface area contributed by atoms with Crippen molar-refractivity contribution >= 4 is 22.5 Å². The smallest absolute Gasteiger partial charge is 0.0149 e. The molecule has 0 amide bonds. The molecule has 2 heteroatoms. The number of hydrogen-bond acceptors (Lipinski definition) is 2. The summed E-state index contributed by atoms with van der Waals surface area (Å²) in [6, 6.07) is 0.